The Balaban J connectivity index is 1.56. The van der Waals surface area contributed by atoms with Crippen LogP contribution in [0.5, 0.6) is 5.75 Å². The summed E-state index contributed by atoms with van der Waals surface area (Å²) in [5, 5.41) is 12.9. The SMILES string of the molecule is CCCC(=O)Nc1cccc(CNC(=O)CCn2c(-c3ccc(OC)cc3)n[nH]c2=S)c1. The van der Waals surface area contributed by atoms with Gasteiger partial charge in [0.15, 0.2) is 10.6 Å². The number of benzene rings is 2. The topological polar surface area (TPSA) is 101 Å². The van der Waals surface area contributed by atoms with Crippen molar-refractivity contribution >= 4 is 29.7 Å². The van der Waals surface area contributed by atoms with Crippen molar-refractivity contribution in [3.05, 3.63) is 58.9 Å². The van der Waals surface area contributed by atoms with Crippen LogP contribution in [0.4, 0.5) is 5.69 Å². The first-order valence-electron chi connectivity index (χ1n) is 10.4. The van der Waals surface area contributed by atoms with Crippen molar-refractivity contribution in [3.8, 4) is 17.1 Å². The average Bonchev–Trinajstić information content (AvgIpc) is 3.17. The van der Waals surface area contributed by atoms with Crippen molar-refractivity contribution in [2.75, 3.05) is 12.4 Å². The Hall–Kier alpha value is -3.46. The number of rotatable bonds is 10. The number of nitrogens with zero attached hydrogens (tertiary/aromatic N) is 2. The van der Waals surface area contributed by atoms with Crippen molar-refractivity contribution in [2.45, 2.75) is 39.3 Å². The summed E-state index contributed by atoms with van der Waals surface area (Å²) in [6.45, 7) is 2.73. The summed E-state index contributed by atoms with van der Waals surface area (Å²) in [6.07, 6.45) is 1.53. The number of methoxy groups -OCH3 is 1. The molecule has 2 amide bonds. The standard InChI is InChI=1S/C23H27N5O3S/c1-3-5-21(30)25-18-7-4-6-16(14-18)15-24-20(29)12-13-28-22(26-27-23(28)32)17-8-10-19(31-2)11-9-17/h4,6-11,14H,3,5,12-13,15H2,1-2H3,(H,24,29)(H,25,30)(H,27,32). The van der Waals surface area contributed by atoms with Gasteiger partial charge in [0.1, 0.15) is 5.75 Å². The molecule has 3 aromatic rings. The number of hydrogen-bond acceptors (Lipinski definition) is 5. The summed E-state index contributed by atoms with van der Waals surface area (Å²) < 4.78 is 7.45. The van der Waals surface area contributed by atoms with E-state index in [2.05, 4.69) is 20.8 Å². The lowest BCUT2D eigenvalue weighted by molar-refractivity contribution is -0.121. The number of aromatic nitrogens is 3. The van der Waals surface area contributed by atoms with Crippen LogP contribution in [-0.2, 0) is 22.7 Å². The van der Waals surface area contributed by atoms with E-state index in [1.165, 1.54) is 0 Å². The maximum Gasteiger partial charge on any atom is 0.224 e. The van der Waals surface area contributed by atoms with Crippen LogP contribution >= 0.6 is 12.2 Å². The predicted octanol–water partition coefficient (Wildman–Crippen LogP) is 4.06. The predicted molar refractivity (Wildman–Crippen MR) is 126 cm³/mol. The summed E-state index contributed by atoms with van der Waals surface area (Å²) in [7, 11) is 1.61. The van der Waals surface area contributed by atoms with E-state index in [-0.39, 0.29) is 18.2 Å². The van der Waals surface area contributed by atoms with E-state index in [9.17, 15) is 9.59 Å². The van der Waals surface area contributed by atoms with Crippen molar-refractivity contribution in [1.82, 2.24) is 20.1 Å². The first-order chi connectivity index (χ1) is 15.5. The van der Waals surface area contributed by atoms with Crippen molar-refractivity contribution in [2.24, 2.45) is 0 Å². The summed E-state index contributed by atoms with van der Waals surface area (Å²) in [5.41, 5.74) is 2.51. The molecule has 9 heteroatoms. The Morgan fingerprint density at radius 2 is 1.91 bits per heavy atom. The van der Waals surface area contributed by atoms with E-state index in [4.69, 9.17) is 17.0 Å². The number of anilines is 1. The number of aromatic amines is 1. The lowest BCUT2D eigenvalue weighted by Gasteiger charge is -2.10. The number of carbonyl (C=O) groups excluding carboxylic acids is 2. The third-order valence-corrected chi connectivity index (χ3v) is 5.16. The second-order valence-electron chi connectivity index (χ2n) is 7.26. The second kappa shape index (κ2) is 11.2. The highest BCUT2D eigenvalue weighted by molar-refractivity contribution is 7.71. The quantitative estimate of drug-likeness (QED) is 0.402. The first-order valence-corrected chi connectivity index (χ1v) is 10.9. The van der Waals surface area contributed by atoms with E-state index < -0.39 is 0 Å². The fourth-order valence-electron chi connectivity index (χ4n) is 3.20. The summed E-state index contributed by atoms with van der Waals surface area (Å²) >= 11 is 5.34. The summed E-state index contributed by atoms with van der Waals surface area (Å²) in [4.78, 5) is 24.2. The number of nitrogens with one attached hydrogen (secondary N) is 3. The van der Waals surface area contributed by atoms with E-state index in [1.54, 1.807) is 11.7 Å². The molecule has 0 unspecified atom stereocenters. The minimum Gasteiger partial charge on any atom is -0.497 e. The van der Waals surface area contributed by atoms with E-state index in [1.807, 2.05) is 55.5 Å². The highest BCUT2D eigenvalue weighted by Gasteiger charge is 2.11. The van der Waals surface area contributed by atoms with Gasteiger partial charge < -0.3 is 15.4 Å². The molecule has 32 heavy (non-hydrogen) atoms. The normalized spacial score (nSPS) is 10.6. The Kier molecular flexibility index (Phi) is 8.15. The monoisotopic (exact) mass is 453 g/mol. The van der Waals surface area contributed by atoms with Gasteiger partial charge in [0, 0.05) is 37.2 Å². The van der Waals surface area contributed by atoms with Gasteiger partial charge in [-0.15, -0.1) is 0 Å². The molecule has 1 heterocycles. The zero-order valence-corrected chi connectivity index (χ0v) is 19.0. The molecule has 0 atom stereocenters. The fraction of sp³-hybridized carbons (Fsp3) is 0.304. The number of carbonyl (C=O) groups is 2. The molecule has 0 aliphatic carbocycles. The molecular formula is C23H27N5O3S. The van der Waals surface area contributed by atoms with E-state index in [0.29, 0.717) is 30.1 Å². The van der Waals surface area contributed by atoms with Gasteiger partial charge in [-0.05, 0) is 60.6 Å². The molecule has 0 fully saturated rings. The van der Waals surface area contributed by atoms with Gasteiger partial charge in [0.25, 0.3) is 0 Å². The van der Waals surface area contributed by atoms with Crippen molar-refractivity contribution in [1.29, 1.82) is 0 Å². The lowest BCUT2D eigenvalue weighted by atomic mass is 10.2. The van der Waals surface area contributed by atoms with Gasteiger partial charge in [0.05, 0.1) is 7.11 Å². The third kappa shape index (κ3) is 6.27. The van der Waals surface area contributed by atoms with Crippen molar-refractivity contribution in [3.63, 3.8) is 0 Å². The van der Waals surface area contributed by atoms with Crippen LogP contribution in [0.1, 0.15) is 31.7 Å². The summed E-state index contributed by atoms with van der Waals surface area (Å²) in [6, 6.07) is 15.0. The van der Waals surface area contributed by atoms with Crippen LogP contribution in [0.3, 0.4) is 0 Å². The molecule has 0 aliphatic rings. The molecule has 0 saturated carbocycles. The van der Waals surface area contributed by atoms with Gasteiger partial charge in [-0.3, -0.25) is 19.3 Å². The van der Waals surface area contributed by atoms with Gasteiger partial charge in [0.2, 0.25) is 11.8 Å². The second-order valence-corrected chi connectivity index (χ2v) is 7.64. The molecule has 3 N–H and O–H groups in total. The molecule has 0 aliphatic heterocycles. The molecule has 2 aromatic carbocycles. The Labute approximate surface area is 192 Å². The molecule has 0 spiro atoms. The molecule has 0 bridgehead atoms. The van der Waals surface area contributed by atoms with E-state index >= 15 is 0 Å². The van der Waals surface area contributed by atoms with Gasteiger partial charge in [-0.25, -0.2) is 0 Å². The number of amides is 2. The minimum absolute atomic E-state index is 0.0156. The Bertz CT molecular complexity index is 1120. The molecule has 8 nitrogen and oxygen atoms in total. The zero-order chi connectivity index (χ0) is 22.9. The average molecular weight is 454 g/mol. The largest absolute Gasteiger partial charge is 0.497 e. The zero-order valence-electron chi connectivity index (χ0n) is 18.2. The molecule has 3 rings (SSSR count). The van der Waals surface area contributed by atoms with Gasteiger partial charge in [-0.1, -0.05) is 19.1 Å². The highest BCUT2D eigenvalue weighted by atomic mass is 32.1. The molecular weight excluding hydrogens is 426 g/mol. The van der Waals surface area contributed by atoms with Gasteiger partial charge >= 0.3 is 0 Å². The Morgan fingerprint density at radius 3 is 2.62 bits per heavy atom. The smallest absolute Gasteiger partial charge is 0.224 e. The van der Waals surface area contributed by atoms with Crippen LogP contribution in [-0.4, -0.2) is 33.7 Å². The lowest BCUT2D eigenvalue weighted by Crippen LogP contribution is -2.24. The molecule has 1 aromatic heterocycles. The van der Waals surface area contributed by atoms with Crippen LogP contribution < -0.4 is 15.4 Å². The third-order valence-electron chi connectivity index (χ3n) is 4.85. The number of hydrogen-bond donors (Lipinski definition) is 3. The minimum atomic E-state index is -0.103. The number of H-pyrrole nitrogens is 1. The Morgan fingerprint density at radius 1 is 1.12 bits per heavy atom. The molecule has 0 saturated heterocycles. The highest BCUT2D eigenvalue weighted by Crippen LogP contribution is 2.21. The molecule has 168 valence electrons. The maximum atomic E-state index is 12.4. The maximum absolute atomic E-state index is 12.4. The van der Waals surface area contributed by atoms with Crippen LogP contribution in [0, 0.1) is 4.77 Å². The first kappa shape index (κ1) is 23.2. The molecule has 0 radical (unpaired) electrons. The van der Waals surface area contributed by atoms with Crippen molar-refractivity contribution < 1.29 is 14.3 Å². The summed E-state index contributed by atoms with van der Waals surface area (Å²) in [5.74, 6) is 1.30. The van der Waals surface area contributed by atoms with Crippen LogP contribution in [0.15, 0.2) is 48.5 Å². The van der Waals surface area contributed by atoms with Gasteiger partial charge in [-0.2, -0.15) is 5.10 Å². The number of ether oxygens (including phenoxy) is 1. The fourth-order valence-corrected chi connectivity index (χ4v) is 3.42. The van der Waals surface area contributed by atoms with Crippen LogP contribution in [0.25, 0.3) is 11.4 Å². The van der Waals surface area contributed by atoms with Crippen LogP contribution in [0.2, 0.25) is 0 Å². The van der Waals surface area contributed by atoms with E-state index in [0.717, 1.165) is 29.0 Å².